The van der Waals surface area contributed by atoms with Crippen LogP contribution in [0.2, 0.25) is 5.02 Å². The quantitative estimate of drug-likeness (QED) is 0.321. The molecule has 0 saturated heterocycles. The molecule has 0 bridgehead atoms. The highest BCUT2D eigenvalue weighted by Gasteiger charge is 2.18. The number of rotatable bonds is 6. The fourth-order valence-corrected chi connectivity index (χ4v) is 5.27. The van der Waals surface area contributed by atoms with Crippen molar-refractivity contribution in [2.75, 3.05) is 11.8 Å². The van der Waals surface area contributed by atoms with Gasteiger partial charge in [-0.2, -0.15) is 0 Å². The average Bonchev–Trinajstić information content (AvgIpc) is 2.90. The second-order valence-electron chi connectivity index (χ2n) is 8.25. The molecule has 10 heteroatoms. The van der Waals surface area contributed by atoms with Crippen LogP contribution in [0.4, 0.5) is 5.95 Å². The van der Waals surface area contributed by atoms with Crippen LogP contribution in [0.15, 0.2) is 94.9 Å². The number of nitrogens with one attached hydrogen (secondary N) is 1. The summed E-state index contributed by atoms with van der Waals surface area (Å²) in [4.78, 5) is 20.8. The molecule has 37 heavy (non-hydrogen) atoms. The molecule has 0 unspecified atom stereocenters. The summed E-state index contributed by atoms with van der Waals surface area (Å²) >= 11 is 6.21. The van der Waals surface area contributed by atoms with Crippen molar-refractivity contribution < 1.29 is 13.2 Å². The molecule has 0 fully saturated rings. The Morgan fingerprint density at radius 2 is 1.73 bits per heavy atom. The van der Waals surface area contributed by atoms with Crippen molar-refractivity contribution in [2.45, 2.75) is 11.8 Å². The number of sulfonamides is 1. The topological polar surface area (TPSA) is 103 Å². The average molecular weight is 533 g/mol. The normalized spacial score (nSPS) is 11.4. The number of benzene rings is 3. The number of anilines is 1. The van der Waals surface area contributed by atoms with Crippen LogP contribution >= 0.6 is 11.6 Å². The Kier molecular flexibility index (Phi) is 6.41. The van der Waals surface area contributed by atoms with E-state index in [0.717, 1.165) is 16.7 Å². The zero-order chi connectivity index (χ0) is 26.2. The second-order valence-corrected chi connectivity index (χ2v) is 10.4. The summed E-state index contributed by atoms with van der Waals surface area (Å²) in [5.74, 6) is 0.443. The van der Waals surface area contributed by atoms with Crippen molar-refractivity contribution in [3.8, 4) is 22.6 Å². The van der Waals surface area contributed by atoms with E-state index in [1.807, 2.05) is 37.3 Å². The van der Waals surface area contributed by atoms with Crippen LogP contribution in [0.25, 0.3) is 27.7 Å². The molecule has 0 saturated carbocycles. The summed E-state index contributed by atoms with van der Waals surface area (Å²) in [7, 11) is -2.41. The van der Waals surface area contributed by atoms with Gasteiger partial charge in [-0.3, -0.25) is 9.36 Å². The van der Waals surface area contributed by atoms with Gasteiger partial charge < -0.3 is 4.74 Å². The third kappa shape index (κ3) is 4.78. The first-order valence-corrected chi connectivity index (χ1v) is 13.0. The second kappa shape index (κ2) is 9.68. The molecule has 5 rings (SSSR count). The smallest absolute Gasteiger partial charge is 0.264 e. The number of aryl methyl sites for hydroxylation is 1. The Balaban J connectivity index is 1.61. The number of methoxy groups -OCH3 is 1. The van der Waals surface area contributed by atoms with Crippen molar-refractivity contribution >= 4 is 38.5 Å². The van der Waals surface area contributed by atoms with Crippen LogP contribution in [0.5, 0.6) is 5.75 Å². The zero-order valence-electron chi connectivity index (χ0n) is 19.8. The molecule has 0 radical (unpaired) electrons. The van der Waals surface area contributed by atoms with E-state index in [2.05, 4.69) is 14.7 Å². The highest BCUT2D eigenvalue weighted by atomic mass is 35.5. The minimum Gasteiger partial charge on any atom is -0.495 e. The number of nitrogens with zero attached hydrogens (tertiary/aromatic N) is 3. The van der Waals surface area contributed by atoms with Gasteiger partial charge in [0, 0.05) is 28.9 Å². The summed E-state index contributed by atoms with van der Waals surface area (Å²) in [5.41, 5.74) is 3.64. The molecule has 8 nitrogen and oxygen atoms in total. The van der Waals surface area contributed by atoms with Gasteiger partial charge in [0.25, 0.3) is 15.6 Å². The number of pyridine rings is 1. The molecular formula is C27H21ClN4O4S. The highest BCUT2D eigenvalue weighted by Crippen LogP contribution is 2.33. The van der Waals surface area contributed by atoms with Crippen LogP contribution in [0, 0.1) is 6.92 Å². The minimum absolute atomic E-state index is 0.0106. The molecule has 0 aliphatic carbocycles. The highest BCUT2D eigenvalue weighted by molar-refractivity contribution is 7.92. The molecule has 2 heterocycles. The predicted molar refractivity (Wildman–Crippen MR) is 144 cm³/mol. The maximum absolute atomic E-state index is 13.0. The Morgan fingerprint density at radius 3 is 2.49 bits per heavy atom. The summed E-state index contributed by atoms with van der Waals surface area (Å²) in [6.45, 7) is 1.99. The molecule has 1 N–H and O–H groups in total. The van der Waals surface area contributed by atoms with Crippen molar-refractivity contribution in [3.05, 3.63) is 106 Å². The van der Waals surface area contributed by atoms with E-state index < -0.39 is 10.0 Å². The van der Waals surface area contributed by atoms with Gasteiger partial charge >= 0.3 is 0 Å². The summed E-state index contributed by atoms with van der Waals surface area (Å²) in [6, 6.07) is 20.3. The first kappa shape index (κ1) is 24.5. The van der Waals surface area contributed by atoms with Gasteiger partial charge in [0.05, 0.1) is 23.2 Å². The Bertz CT molecular complexity index is 1810. The van der Waals surface area contributed by atoms with E-state index in [1.165, 1.54) is 42.3 Å². The van der Waals surface area contributed by atoms with Crippen molar-refractivity contribution in [1.82, 2.24) is 14.5 Å². The van der Waals surface area contributed by atoms with Gasteiger partial charge in [0.15, 0.2) is 0 Å². The lowest BCUT2D eigenvalue weighted by molar-refractivity contribution is 0.413. The number of ether oxygens (including phenoxy) is 1. The lowest BCUT2D eigenvalue weighted by atomic mass is 10.00. The van der Waals surface area contributed by atoms with Crippen LogP contribution in [0.3, 0.4) is 0 Å². The van der Waals surface area contributed by atoms with Crippen LogP contribution in [-0.2, 0) is 10.0 Å². The van der Waals surface area contributed by atoms with Crippen molar-refractivity contribution in [3.63, 3.8) is 0 Å². The van der Waals surface area contributed by atoms with E-state index >= 15 is 0 Å². The summed E-state index contributed by atoms with van der Waals surface area (Å²) < 4.78 is 35.3. The fourth-order valence-electron chi connectivity index (χ4n) is 4.11. The maximum atomic E-state index is 13.0. The van der Waals surface area contributed by atoms with Crippen molar-refractivity contribution in [1.29, 1.82) is 0 Å². The molecular weight excluding hydrogens is 512 g/mol. The maximum Gasteiger partial charge on any atom is 0.264 e. The zero-order valence-corrected chi connectivity index (χ0v) is 21.4. The van der Waals surface area contributed by atoms with Crippen LogP contribution in [-0.4, -0.2) is 30.1 Å². The molecule has 0 aliphatic heterocycles. The Labute approximate surface area is 218 Å². The Hall–Kier alpha value is -4.21. The number of aromatic nitrogens is 3. The molecule has 5 aromatic rings. The van der Waals surface area contributed by atoms with E-state index in [-0.39, 0.29) is 16.4 Å². The molecule has 0 amide bonds. The number of hydrogen-bond donors (Lipinski definition) is 1. The van der Waals surface area contributed by atoms with Gasteiger partial charge in [-0.1, -0.05) is 23.7 Å². The lowest BCUT2D eigenvalue weighted by Crippen LogP contribution is -2.19. The predicted octanol–water partition coefficient (Wildman–Crippen LogP) is 5.22. The standard InChI is InChI=1S/C27H21ClN4O4S/c1-17-4-7-20(28)16-22(17)18-5-9-24(25(15-18)36-2)32-23-10-8-21(14-19(23)6-11-26(32)33)37(34,35)31-27-29-12-3-13-30-27/h3-16H,1-2H3,(H,29,30,31). The van der Waals surface area contributed by atoms with Gasteiger partial charge in [-0.25, -0.2) is 23.1 Å². The van der Waals surface area contributed by atoms with E-state index in [1.54, 1.807) is 24.3 Å². The van der Waals surface area contributed by atoms with E-state index in [4.69, 9.17) is 16.3 Å². The number of hydrogen-bond acceptors (Lipinski definition) is 6. The van der Waals surface area contributed by atoms with E-state index in [9.17, 15) is 13.2 Å². The van der Waals surface area contributed by atoms with Crippen molar-refractivity contribution in [2.24, 2.45) is 0 Å². The van der Waals surface area contributed by atoms with Gasteiger partial charge in [-0.15, -0.1) is 0 Å². The summed E-state index contributed by atoms with van der Waals surface area (Å²) in [6.07, 6.45) is 2.88. The van der Waals surface area contributed by atoms with E-state index in [0.29, 0.717) is 27.4 Å². The first-order valence-electron chi connectivity index (χ1n) is 11.2. The first-order chi connectivity index (χ1) is 17.8. The van der Waals surface area contributed by atoms with Crippen LogP contribution < -0.4 is 15.0 Å². The number of halogens is 1. The number of fused-ring (bicyclic) bond motifs is 1. The van der Waals surface area contributed by atoms with Gasteiger partial charge in [0.2, 0.25) is 5.95 Å². The lowest BCUT2D eigenvalue weighted by Gasteiger charge is -2.16. The largest absolute Gasteiger partial charge is 0.495 e. The molecule has 0 aliphatic rings. The minimum atomic E-state index is -3.95. The van der Waals surface area contributed by atoms with Crippen LogP contribution in [0.1, 0.15) is 5.56 Å². The summed E-state index contributed by atoms with van der Waals surface area (Å²) in [5, 5.41) is 1.17. The van der Waals surface area contributed by atoms with Gasteiger partial charge in [-0.05, 0) is 78.2 Å². The molecule has 186 valence electrons. The molecule has 0 atom stereocenters. The third-order valence-electron chi connectivity index (χ3n) is 5.90. The fraction of sp³-hybridized carbons (Fsp3) is 0.0741. The molecule has 2 aromatic heterocycles. The monoisotopic (exact) mass is 532 g/mol. The third-order valence-corrected chi connectivity index (χ3v) is 7.46. The SMILES string of the molecule is COc1cc(-c2cc(Cl)ccc2C)ccc1-n1c(=O)ccc2cc(S(=O)(=O)Nc3ncccn3)ccc21. The molecule has 3 aromatic carbocycles. The molecule has 0 spiro atoms. The Morgan fingerprint density at radius 1 is 0.946 bits per heavy atom. The van der Waals surface area contributed by atoms with Gasteiger partial charge in [0.1, 0.15) is 5.75 Å².